The summed E-state index contributed by atoms with van der Waals surface area (Å²) in [4.78, 5) is 24.3. The maximum absolute atomic E-state index is 12.2. The highest BCUT2D eigenvalue weighted by atomic mass is 16.5. The third-order valence-electron chi connectivity index (χ3n) is 11.8. The average Bonchev–Trinajstić information content (AvgIpc) is 3.23. The first kappa shape index (κ1) is 30.6. The van der Waals surface area contributed by atoms with Gasteiger partial charge in [0.2, 0.25) is 0 Å². The lowest BCUT2D eigenvalue weighted by Gasteiger charge is -2.58. The smallest absolute Gasteiger partial charge is 0.322 e. The van der Waals surface area contributed by atoms with Crippen LogP contribution in [0.1, 0.15) is 113 Å². The Morgan fingerprint density at radius 1 is 0.923 bits per heavy atom. The Balaban J connectivity index is 1.41. The number of nitrogens with two attached hydrogens (primary N) is 2. The molecule has 0 aromatic carbocycles. The van der Waals surface area contributed by atoms with E-state index in [9.17, 15) is 9.59 Å². The Hall–Kier alpha value is -1.40. The van der Waals surface area contributed by atoms with Gasteiger partial charge < -0.3 is 20.9 Å². The summed E-state index contributed by atoms with van der Waals surface area (Å²) in [6.07, 6.45) is 13.9. The van der Waals surface area contributed by atoms with Gasteiger partial charge in [-0.15, -0.1) is 0 Å². The largest absolute Gasteiger partial charge is 0.461 e. The summed E-state index contributed by atoms with van der Waals surface area (Å²) in [7, 11) is 0. The zero-order valence-electron chi connectivity index (χ0n) is 25.7. The molecule has 222 valence electrons. The van der Waals surface area contributed by atoms with Crippen LogP contribution in [-0.2, 0) is 19.1 Å². The quantitative estimate of drug-likeness (QED) is 0.266. The van der Waals surface area contributed by atoms with Crippen molar-refractivity contribution >= 4 is 11.9 Å². The van der Waals surface area contributed by atoms with E-state index in [-0.39, 0.29) is 29.6 Å². The summed E-state index contributed by atoms with van der Waals surface area (Å²) in [5, 5.41) is 0. The lowest BCUT2D eigenvalue weighted by Crippen LogP contribution is -2.51. The van der Waals surface area contributed by atoms with Crippen molar-refractivity contribution in [2.24, 2.45) is 57.8 Å². The van der Waals surface area contributed by atoms with Crippen molar-refractivity contribution < 1.29 is 19.1 Å². The molecule has 6 nitrogen and oxygen atoms in total. The van der Waals surface area contributed by atoms with Gasteiger partial charge in [-0.05, 0) is 118 Å². The highest BCUT2D eigenvalue weighted by Gasteiger charge is 2.59. The third-order valence-corrected chi connectivity index (χ3v) is 11.8. The highest BCUT2D eigenvalue weighted by molar-refractivity contribution is 5.75. The van der Waals surface area contributed by atoms with Crippen molar-refractivity contribution in [2.75, 3.05) is 0 Å². The van der Waals surface area contributed by atoms with Gasteiger partial charge in [-0.3, -0.25) is 9.59 Å². The van der Waals surface area contributed by atoms with Crippen molar-refractivity contribution in [3.63, 3.8) is 0 Å². The fraction of sp³-hybridized carbons (Fsp3) is 0.879. The molecule has 4 aliphatic rings. The normalized spacial score (nSPS) is 38.9. The van der Waals surface area contributed by atoms with Crippen molar-refractivity contribution in [3.05, 3.63) is 11.6 Å². The molecule has 0 radical (unpaired) electrons. The van der Waals surface area contributed by atoms with Gasteiger partial charge in [0.1, 0.15) is 24.3 Å². The molecule has 4 rings (SSSR count). The average molecular weight is 545 g/mol. The predicted octanol–water partition coefficient (Wildman–Crippen LogP) is 6.16. The number of esters is 2. The van der Waals surface area contributed by atoms with Crippen LogP contribution >= 0.6 is 0 Å². The first-order valence-corrected chi connectivity index (χ1v) is 15.9. The minimum absolute atomic E-state index is 0.0213. The molecule has 39 heavy (non-hydrogen) atoms. The fourth-order valence-electron chi connectivity index (χ4n) is 9.39. The van der Waals surface area contributed by atoms with Crippen LogP contribution in [0.25, 0.3) is 0 Å². The van der Waals surface area contributed by atoms with E-state index in [2.05, 4.69) is 40.7 Å². The Kier molecular flexibility index (Phi) is 9.27. The number of allylic oxidation sites excluding steroid dienone is 1. The van der Waals surface area contributed by atoms with Gasteiger partial charge in [-0.1, -0.05) is 46.3 Å². The summed E-state index contributed by atoms with van der Waals surface area (Å²) in [5.74, 6) is 3.36. The van der Waals surface area contributed by atoms with Crippen molar-refractivity contribution in [1.29, 1.82) is 0 Å². The summed E-state index contributed by atoms with van der Waals surface area (Å²) >= 11 is 0. The van der Waals surface area contributed by atoms with Crippen LogP contribution in [0.15, 0.2) is 11.6 Å². The Labute approximate surface area is 237 Å². The summed E-state index contributed by atoms with van der Waals surface area (Å²) in [6, 6.07) is -1.13. The standard InChI is InChI=1S/C33H56N2O4/c1-19(2)29(39-31(37)22(5)35)13-8-20(3)26-11-12-27-25-10-9-23-18-24(38-30(36)21(4)34)14-16-32(23,6)28(25)15-17-33(26,27)7/h9,19-22,24-29H,8,10-18,34-35H2,1-7H3/t20-,21+,22+,24+,25+,26-,27+,28+,29?,32+,33-/m1/s1. The van der Waals surface area contributed by atoms with E-state index in [1.54, 1.807) is 13.8 Å². The number of hydrogen-bond donors (Lipinski definition) is 2. The molecule has 11 atom stereocenters. The van der Waals surface area contributed by atoms with Gasteiger partial charge in [-0.25, -0.2) is 0 Å². The minimum atomic E-state index is -0.569. The molecule has 4 N–H and O–H groups in total. The molecule has 0 saturated heterocycles. The number of carbonyl (C=O) groups excluding carboxylic acids is 2. The second kappa shape index (κ2) is 11.8. The fourth-order valence-corrected chi connectivity index (χ4v) is 9.39. The molecule has 0 aliphatic heterocycles. The number of carbonyl (C=O) groups is 2. The number of ether oxygens (including phenoxy) is 2. The van der Waals surface area contributed by atoms with Crippen molar-refractivity contribution in [3.8, 4) is 0 Å². The number of hydrogen-bond acceptors (Lipinski definition) is 6. The predicted molar refractivity (Wildman–Crippen MR) is 155 cm³/mol. The van der Waals surface area contributed by atoms with E-state index in [1.807, 2.05) is 0 Å². The van der Waals surface area contributed by atoms with E-state index in [4.69, 9.17) is 20.9 Å². The molecule has 6 heteroatoms. The molecule has 3 saturated carbocycles. The monoisotopic (exact) mass is 544 g/mol. The molecule has 0 aromatic rings. The topological polar surface area (TPSA) is 105 Å². The maximum Gasteiger partial charge on any atom is 0.322 e. The molecule has 0 bridgehead atoms. The number of fused-ring (bicyclic) bond motifs is 5. The lowest BCUT2D eigenvalue weighted by molar-refractivity contribution is -0.153. The van der Waals surface area contributed by atoms with Crippen LogP contribution in [0, 0.1) is 46.3 Å². The highest BCUT2D eigenvalue weighted by Crippen LogP contribution is 2.67. The summed E-state index contributed by atoms with van der Waals surface area (Å²) in [6.45, 7) is 15.2. The van der Waals surface area contributed by atoms with Crippen molar-refractivity contribution in [1.82, 2.24) is 0 Å². The summed E-state index contributed by atoms with van der Waals surface area (Å²) in [5.41, 5.74) is 13.7. The van der Waals surface area contributed by atoms with E-state index in [0.717, 1.165) is 55.8 Å². The zero-order valence-corrected chi connectivity index (χ0v) is 25.7. The molecular weight excluding hydrogens is 488 g/mol. The minimum Gasteiger partial charge on any atom is -0.461 e. The van der Waals surface area contributed by atoms with Gasteiger partial charge in [-0.2, -0.15) is 0 Å². The molecule has 0 heterocycles. The van der Waals surface area contributed by atoms with Crippen LogP contribution < -0.4 is 11.5 Å². The molecule has 4 aliphatic carbocycles. The van der Waals surface area contributed by atoms with Crippen LogP contribution in [0.5, 0.6) is 0 Å². The van der Waals surface area contributed by atoms with E-state index in [1.165, 1.54) is 37.7 Å². The zero-order chi connectivity index (χ0) is 28.7. The molecule has 0 aromatic heterocycles. The Morgan fingerprint density at radius 2 is 1.62 bits per heavy atom. The van der Waals surface area contributed by atoms with Crippen LogP contribution in [0.4, 0.5) is 0 Å². The second-order valence-corrected chi connectivity index (χ2v) is 14.6. The maximum atomic E-state index is 12.2. The SMILES string of the molecule is CC(C)C(CC[C@@H](C)[C@H]1CC[C@H]2[C@@H]3CC=C4C[C@@H](OC(=O)[C@H](C)N)CC[C@]4(C)[C@H]3CC[C@]12C)OC(=O)[C@H](C)N. The molecule has 1 unspecified atom stereocenters. The van der Waals surface area contributed by atoms with E-state index in [0.29, 0.717) is 17.3 Å². The van der Waals surface area contributed by atoms with E-state index < -0.39 is 12.1 Å². The van der Waals surface area contributed by atoms with Crippen LogP contribution in [0.2, 0.25) is 0 Å². The van der Waals surface area contributed by atoms with Gasteiger partial charge in [0.15, 0.2) is 0 Å². The first-order chi connectivity index (χ1) is 18.3. The first-order valence-electron chi connectivity index (χ1n) is 15.9. The van der Waals surface area contributed by atoms with Crippen molar-refractivity contribution in [2.45, 2.75) is 137 Å². The van der Waals surface area contributed by atoms with Crippen LogP contribution in [0.3, 0.4) is 0 Å². The third kappa shape index (κ3) is 5.98. The summed E-state index contributed by atoms with van der Waals surface area (Å²) < 4.78 is 11.5. The lowest BCUT2D eigenvalue weighted by atomic mass is 9.47. The second-order valence-electron chi connectivity index (χ2n) is 14.6. The van der Waals surface area contributed by atoms with Gasteiger partial charge in [0.05, 0.1) is 0 Å². The van der Waals surface area contributed by atoms with E-state index >= 15 is 0 Å². The Bertz CT molecular complexity index is 929. The van der Waals surface area contributed by atoms with Crippen LogP contribution in [-0.4, -0.2) is 36.2 Å². The molecule has 3 fully saturated rings. The van der Waals surface area contributed by atoms with Gasteiger partial charge in [0.25, 0.3) is 0 Å². The molecular formula is C33H56N2O4. The molecule has 0 amide bonds. The molecule has 0 spiro atoms. The van der Waals surface area contributed by atoms with Gasteiger partial charge in [0, 0.05) is 6.42 Å². The van der Waals surface area contributed by atoms with Gasteiger partial charge >= 0.3 is 11.9 Å². The Morgan fingerprint density at radius 3 is 2.26 bits per heavy atom. The number of rotatable bonds is 9.